The van der Waals surface area contributed by atoms with Gasteiger partial charge >= 0.3 is 0 Å². The molecular weight excluding hydrogens is 258 g/mol. The number of nitrogens with zero attached hydrogens (tertiary/aromatic N) is 1. The van der Waals surface area contributed by atoms with Crippen LogP contribution in [0.4, 0.5) is 11.4 Å². The van der Waals surface area contributed by atoms with Gasteiger partial charge < -0.3 is 10.6 Å². The average molecular weight is 279 g/mol. The first-order chi connectivity index (χ1) is 9.30. The lowest BCUT2D eigenvalue weighted by Crippen LogP contribution is -2.30. The summed E-state index contributed by atoms with van der Waals surface area (Å²) in [5.74, 6) is -0.308. The zero-order valence-corrected chi connectivity index (χ0v) is 12.3. The standard InChI is InChI=1S/C14H21N3O3/c1-5-14(3,4)16-11-8-7-10(13(18)15-6-2)9-12(11)17(19)20/h7-9,16H,5-6H2,1-4H3,(H,15,18). The molecule has 0 aliphatic carbocycles. The number of amides is 1. The Morgan fingerprint density at radius 2 is 2.00 bits per heavy atom. The smallest absolute Gasteiger partial charge is 0.293 e. The van der Waals surface area contributed by atoms with Crippen molar-refractivity contribution in [3.05, 3.63) is 33.9 Å². The first kappa shape index (κ1) is 15.9. The number of hydrogen-bond acceptors (Lipinski definition) is 4. The maximum absolute atomic E-state index is 11.7. The van der Waals surface area contributed by atoms with E-state index in [1.165, 1.54) is 6.07 Å². The van der Waals surface area contributed by atoms with Crippen LogP contribution in [0.1, 0.15) is 44.5 Å². The van der Waals surface area contributed by atoms with Crippen molar-refractivity contribution in [3.8, 4) is 0 Å². The Labute approximate surface area is 118 Å². The van der Waals surface area contributed by atoms with Gasteiger partial charge in [0.25, 0.3) is 11.6 Å². The maximum Gasteiger partial charge on any atom is 0.293 e. The highest BCUT2D eigenvalue weighted by atomic mass is 16.6. The van der Waals surface area contributed by atoms with Crippen LogP contribution in [0.2, 0.25) is 0 Å². The van der Waals surface area contributed by atoms with E-state index in [0.29, 0.717) is 17.8 Å². The summed E-state index contributed by atoms with van der Waals surface area (Å²) in [4.78, 5) is 22.4. The molecule has 110 valence electrons. The zero-order valence-electron chi connectivity index (χ0n) is 12.3. The fraction of sp³-hybridized carbons (Fsp3) is 0.500. The Morgan fingerprint density at radius 1 is 1.35 bits per heavy atom. The lowest BCUT2D eigenvalue weighted by molar-refractivity contribution is -0.384. The Hall–Kier alpha value is -2.11. The fourth-order valence-electron chi connectivity index (χ4n) is 1.65. The predicted molar refractivity (Wildman–Crippen MR) is 79.1 cm³/mol. The normalized spacial score (nSPS) is 11.0. The highest BCUT2D eigenvalue weighted by molar-refractivity contribution is 5.95. The molecule has 0 heterocycles. The van der Waals surface area contributed by atoms with Crippen molar-refractivity contribution < 1.29 is 9.72 Å². The number of benzene rings is 1. The monoisotopic (exact) mass is 279 g/mol. The topological polar surface area (TPSA) is 84.3 Å². The largest absolute Gasteiger partial charge is 0.375 e. The van der Waals surface area contributed by atoms with E-state index in [2.05, 4.69) is 10.6 Å². The van der Waals surface area contributed by atoms with Gasteiger partial charge in [-0.25, -0.2) is 0 Å². The van der Waals surface area contributed by atoms with Crippen molar-refractivity contribution in [2.24, 2.45) is 0 Å². The summed E-state index contributed by atoms with van der Waals surface area (Å²) in [6.07, 6.45) is 0.822. The maximum atomic E-state index is 11.7. The molecule has 0 bridgehead atoms. The van der Waals surface area contributed by atoms with Crippen LogP contribution >= 0.6 is 0 Å². The number of nitro benzene ring substituents is 1. The minimum atomic E-state index is -0.475. The molecule has 0 radical (unpaired) electrons. The quantitative estimate of drug-likeness (QED) is 0.619. The second-order valence-electron chi connectivity index (χ2n) is 5.21. The molecule has 2 N–H and O–H groups in total. The molecule has 0 saturated carbocycles. The molecular formula is C14H21N3O3. The van der Waals surface area contributed by atoms with Crippen molar-refractivity contribution in [2.45, 2.75) is 39.7 Å². The summed E-state index contributed by atoms with van der Waals surface area (Å²) in [7, 11) is 0. The van der Waals surface area contributed by atoms with Gasteiger partial charge in [-0.15, -0.1) is 0 Å². The predicted octanol–water partition coefficient (Wildman–Crippen LogP) is 2.95. The van der Waals surface area contributed by atoms with Gasteiger partial charge in [-0.05, 0) is 39.3 Å². The molecule has 0 aromatic heterocycles. The summed E-state index contributed by atoms with van der Waals surface area (Å²) in [6.45, 7) is 8.21. The van der Waals surface area contributed by atoms with E-state index in [9.17, 15) is 14.9 Å². The number of anilines is 1. The second kappa shape index (κ2) is 6.36. The van der Waals surface area contributed by atoms with Gasteiger partial charge in [0.15, 0.2) is 0 Å². The van der Waals surface area contributed by atoms with E-state index in [4.69, 9.17) is 0 Å². The Morgan fingerprint density at radius 3 is 2.50 bits per heavy atom. The first-order valence-electron chi connectivity index (χ1n) is 6.65. The third kappa shape index (κ3) is 3.94. The molecule has 0 saturated heterocycles. The Balaban J connectivity index is 3.15. The van der Waals surface area contributed by atoms with Crippen LogP contribution < -0.4 is 10.6 Å². The second-order valence-corrected chi connectivity index (χ2v) is 5.21. The molecule has 0 aliphatic rings. The number of hydrogen-bond donors (Lipinski definition) is 2. The fourth-order valence-corrected chi connectivity index (χ4v) is 1.65. The van der Waals surface area contributed by atoms with Crippen LogP contribution in [0.15, 0.2) is 18.2 Å². The summed E-state index contributed by atoms with van der Waals surface area (Å²) in [5.41, 5.74) is 0.376. The minimum absolute atomic E-state index is 0.0877. The summed E-state index contributed by atoms with van der Waals surface area (Å²) >= 11 is 0. The van der Waals surface area contributed by atoms with Gasteiger partial charge in [0.2, 0.25) is 0 Å². The molecule has 1 amide bonds. The van der Waals surface area contributed by atoms with E-state index in [1.807, 2.05) is 20.8 Å². The number of nitro groups is 1. The average Bonchev–Trinajstić information content (AvgIpc) is 2.38. The van der Waals surface area contributed by atoms with Gasteiger partial charge in [-0.1, -0.05) is 6.92 Å². The van der Waals surface area contributed by atoms with Gasteiger partial charge in [-0.2, -0.15) is 0 Å². The van der Waals surface area contributed by atoms with Gasteiger partial charge in [0.1, 0.15) is 5.69 Å². The van der Waals surface area contributed by atoms with E-state index in [-0.39, 0.29) is 17.1 Å². The molecule has 0 unspecified atom stereocenters. The summed E-state index contributed by atoms with van der Waals surface area (Å²) < 4.78 is 0. The van der Waals surface area contributed by atoms with Crippen molar-refractivity contribution >= 4 is 17.3 Å². The van der Waals surface area contributed by atoms with Gasteiger partial charge in [0, 0.05) is 23.7 Å². The van der Waals surface area contributed by atoms with Crippen LogP contribution in [0.5, 0.6) is 0 Å². The van der Waals surface area contributed by atoms with Crippen LogP contribution in [-0.4, -0.2) is 22.9 Å². The number of carbonyl (C=O) groups is 1. The van der Waals surface area contributed by atoms with Crippen molar-refractivity contribution in [1.82, 2.24) is 5.32 Å². The highest BCUT2D eigenvalue weighted by Crippen LogP contribution is 2.29. The molecule has 1 aromatic rings. The Kier molecular flexibility index (Phi) is 5.07. The zero-order chi connectivity index (χ0) is 15.3. The van der Waals surface area contributed by atoms with E-state index >= 15 is 0 Å². The SMILES string of the molecule is CCNC(=O)c1ccc(NC(C)(C)CC)c([N+](=O)[O-])c1. The van der Waals surface area contributed by atoms with Crippen molar-refractivity contribution in [3.63, 3.8) is 0 Å². The molecule has 0 atom stereocenters. The molecule has 0 spiro atoms. The highest BCUT2D eigenvalue weighted by Gasteiger charge is 2.22. The van der Waals surface area contributed by atoms with Crippen LogP contribution in [0.25, 0.3) is 0 Å². The van der Waals surface area contributed by atoms with Crippen LogP contribution in [0, 0.1) is 10.1 Å². The third-order valence-electron chi connectivity index (χ3n) is 3.15. The molecule has 20 heavy (non-hydrogen) atoms. The molecule has 0 fully saturated rings. The lowest BCUT2D eigenvalue weighted by atomic mass is 10.0. The molecule has 1 rings (SSSR count). The van der Waals surface area contributed by atoms with Gasteiger partial charge in [-0.3, -0.25) is 14.9 Å². The molecule has 6 heteroatoms. The molecule has 6 nitrogen and oxygen atoms in total. The molecule has 0 aliphatic heterocycles. The number of nitrogens with one attached hydrogen (secondary N) is 2. The van der Waals surface area contributed by atoms with E-state index < -0.39 is 4.92 Å². The minimum Gasteiger partial charge on any atom is -0.375 e. The summed E-state index contributed by atoms with van der Waals surface area (Å²) in [5, 5.41) is 16.9. The van der Waals surface area contributed by atoms with Crippen molar-refractivity contribution in [2.75, 3.05) is 11.9 Å². The van der Waals surface area contributed by atoms with Crippen LogP contribution in [-0.2, 0) is 0 Å². The first-order valence-corrected chi connectivity index (χ1v) is 6.65. The summed E-state index contributed by atoms with van der Waals surface area (Å²) in [6, 6.07) is 4.48. The number of rotatable bonds is 6. The van der Waals surface area contributed by atoms with Crippen molar-refractivity contribution in [1.29, 1.82) is 0 Å². The lowest BCUT2D eigenvalue weighted by Gasteiger charge is -2.25. The van der Waals surface area contributed by atoms with Gasteiger partial charge in [0.05, 0.1) is 4.92 Å². The third-order valence-corrected chi connectivity index (χ3v) is 3.15. The Bertz CT molecular complexity index is 512. The van der Waals surface area contributed by atoms with Crippen LogP contribution in [0.3, 0.4) is 0 Å². The van der Waals surface area contributed by atoms with E-state index in [0.717, 1.165) is 6.42 Å². The number of carbonyl (C=O) groups excluding carboxylic acids is 1. The van der Waals surface area contributed by atoms with E-state index in [1.54, 1.807) is 19.1 Å². The molecule has 1 aromatic carbocycles.